The second-order valence-corrected chi connectivity index (χ2v) is 8.01. The van der Waals surface area contributed by atoms with E-state index >= 15 is 0 Å². The summed E-state index contributed by atoms with van der Waals surface area (Å²) in [6, 6.07) is 0. The molecule has 2 N–H and O–H groups in total. The van der Waals surface area contributed by atoms with E-state index in [0.717, 1.165) is 17.5 Å². The van der Waals surface area contributed by atoms with Crippen LogP contribution in [0.15, 0.2) is 4.99 Å². The SMILES string of the molecule is CS(=O)(=O)NCCNC1=NCC2(CCCC2)CS1. The number of sulfonamides is 1. The summed E-state index contributed by atoms with van der Waals surface area (Å²) >= 11 is 1.78. The van der Waals surface area contributed by atoms with E-state index in [4.69, 9.17) is 0 Å². The molecule has 1 heterocycles. The van der Waals surface area contributed by atoms with Crippen molar-refractivity contribution < 1.29 is 8.42 Å². The molecule has 104 valence electrons. The molecule has 0 amide bonds. The number of rotatable bonds is 4. The van der Waals surface area contributed by atoms with Crippen LogP contribution in [0, 0.1) is 5.41 Å². The van der Waals surface area contributed by atoms with Crippen molar-refractivity contribution in [1.29, 1.82) is 0 Å². The van der Waals surface area contributed by atoms with Crippen LogP contribution in [0.1, 0.15) is 25.7 Å². The smallest absolute Gasteiger partial charge is 0.208 e. The minimum Gasteiger partial charge on any atom is -0.364 e. The summed E-state index contributed by atoms with van der Waals surface area (Å²) in [5, 5.41) is 4.15. The molecular weight excluding hydrogens is 270 g/mol. The van der Waals surface area contributed by atoms with Crippen molar-refractivity contribution in [3.63, 3.8) is 0 Å². The molecule has 1 spiro atoms. The number of hydrogen-bond acceptors (Lipinski definition) is 5. The van der Waals surface area contributed by atoms with Gasteiger partial charge >= 0.3 is 0 Å². The molecule has 2 aliphatic rings. The van der Waals surface area contributed by atoms with Crippen molar-refractivity contribution in [3.05, 3.63) is 0 Å². The topological polar surface area (TPSA) is 70.6 Å². The van der Waals surface area contributed by atoms with Gasteiger partial charge in [-0.1, -0.05) is 24.6 Å². The Hall–Kier alpha value is -0.270. The van der Waals surface area contributed by atoms with E-state index in [1.54, 1.807) is 11.8 Å². The molecule has 1 aliphatic heterocycles. The average Bonchev–Trinajstić information content (AvgIpc) is 2.75. The van der Waals surface area contributed by atoms with Gasteiger partial charge in [-0.2, -0.15) is 0 Å². The Morgan fingerprint density at radius 2 is 2.06 bits per heavy atom. The molecule has 2 rings (SSSR count). The number of hydrogen-bond donors (Lipinski definition) is 2. The van der Waals surface area contributed by atoms with Gasteiger partial charge in [-0.25, -0.2) is 13.1 Å². The third kappa shape index (κ3) is 4.13. The summed E-state index contributed by atoms with van der Waals surface area (Å²) in [4.78, 5) is 4.59. The number of amidine groups is 1. The first-order chi connectivity index (χ1) is 8.49. The van der Waals surface area contributed by atoms with Crippen LogP contribution in [-0.4, -0.2) is 45.2 Å². The van der Waals surface area contributed by atoms with E-state index in [-0.39, 0.29) is 0 Å². The number of nitrogens with one attached hydrogen (secondary N) is 2. The minimum atomic E-state index is -3.08. The highest BCUT2D eigenvalue weighted by Gasteiger charge is 2.36. The van der Waals surface area contributed by atoms with Gasteiger partial charge in [-0.15, -0.1) is 0 Å². The summed E-state index contributed by atoms with van der Waals surface area (Å²) in [6.07, 6.45) is 6.48. The van der Waals surface area contributed by atoms with E-state index in [1.165, 1.54) is 31.9 Å². The maximum Gasteiger partial charge on any atom is 0.208 e. The lowest BCUT2D eigenvalue weighted by Crippen LogP contribution is -2.37. The fourth-order valence-corrected chi connectivity index (χ4v) is 4.15. The molecule has 0 bridgehead atoms. The van der Waals surface area contributed by atoms with Crippen molar-refractivity contribution in [2.45, 2.75) is 25.7 Å². The van der Waals surface area contributed by atoms with Crippen LogP contribution in [-0.2, 0) is 10.0 Å². The van der Waals surface area contributed by atoms with Gasteiger partial charge in [0.15, 0.2) is 5.17 Å². The van der Waals surface area contributed by atoms with Crippen LogP contribution >= 0.6 is 11.8 Å². The highest BCUT2D eigenvalue weighted by Crippen LogP contribution is 2.43. The molecular formula is C11H21N3O2S2. The second kappa shape index (κ2) is 5.79. The predicted molar refractivity (Wildman–Crippen MR) is 76.5 cm³/mol. The fourth-order valence-electron chi connectivity index (χ4n) is 2.49. The molecule has 1 saturated carbocycles. The molecule has 1 aliphatic carbocycles. The molecule has 0 saturated heterocycles. The lowest BCUT2D eigenvalue weighted by atomic mass is 9.89. The van der Waals surface area contributed by atoms with Gasteiger partial charge in [0.1, 0.15) is 0 Å². The zero-order chi connectivity index (χ0) is 13.1. The summed E-state index contributed by atoms with van der Waals surface area (Å²) in [7, 11) is -3.08. The summed E-state index contributed by atoms with van der Waals surface area (Å²) in [5.74, 6) is 1.15. The van der Waals surface area contributed by atoms with E-state index in [1.807, 2.05) is 0 Å². The molecule has 0 atom stereocenters. The van der Waals surface area contributed by atoms with Gasteiger partial charge in [-0.05, 0) is 18.3 Å². The van der Waals surface area contributed by atoms with Crippen LogP contribution < -0.4 is 10.0 Å². The molecule has 18 heavy (non-hydrogen) atoms. The largest absolute Gasteiger partial charge is 0.364 e. The third-order valence-electron chi connectivity index (χ3n) is 3.50. The Balaban J connectivity index is 1.70. The maximum atomic E-state index is 10.9. The molecule has 1 fully saturated rings. The molecule has 0 unspecified atom stereocenters. The first-order valence-electron chi connectivity index (χ1n) is 6.35. The number of aliphatic imine (C=N–C) groups is 1. The summed E-state index contributed by atoms with van der Waals surface area (Å²) < 4.78 is 24.2. The highest BCUT2D eigenvalue weighted by molar-refractivity contribution is 8.13. The third-order valence-corrected chi connectivity index (χ3v) is 5.53. The second-order valence-electron chi connectivity index (χ2n) is 5.21. The van der Waals surface area contributed by atoms with E-state index in [2.05, 4.69) is 15.0 Å². The Morgan fingerprint density at radius 3 is 2.61 bits per heavy atom. The molecule has 7 heteroatoms. The minimum absolute atomic E-state index is 0.406. The van der Waals surface area contributed by atoms with Crippen molar-refractivity contribution in [2.24, 2.45) is 10.4 Å². The first kappa shape index (κ1) is 14.1. The Kier molecular flexibility index (Phi) is 4.55. The van der Waals surface area contributed by atoms with Crippen LogP contribution in [0.5, 0.6) is 0 Å². The van der Waals surface area contributed by atoms with Gasteiger partial charge in [-0.3, -0.25) is 4.99 Å². The predicted octanol–water partition coefficient (Wildman–Crippen LogP) is 0.788. The monoisotopic (exact) mass is 291 g/mol. The summed E-state index contributed by atoms with van der Waals surface area (Å²) in [5.41, 5.74) is 0.459. The lowest BCUT2D eigenvalue weighted by molar-refractivity contribution is 0.358. The van der Waals surface area contributed by atoms with Crippen molar-refractivity contribution in [2.75, 3.05) is 31.6 Å². The van der Waals surface area contributed by atoms with Gasteiger partial charge < -0.3 is 5.32 Å². The maximum absolute atomic E-state index is 10.9. The molecule has 0 aromatic rings. The normalized spacial score (nSPS) is 23.1. The van der Waals surface area contributed by atoms with E-state index in [9.17, 15) is 8.42 Å². The Labute approximate surface area is 113 Å². The Bertz CT molecular complexity index is 414. The molecule has 5 nitrogen and oxygen atoms in total. The molecule has 0 aromatic heterocycles. The van der Waals surface area contributed by atoms with Gasteiger partial charge in [0, 0.05) is 25.4 Å². The van der Waals surface area contributed by atoms with E-state index in [0.29, 0.717) is 18.5 Å². The zero-order valence-electron chi connectivity index (χ0n) is 10.7. The molecule has 0 aromatic carbocycles. The van der Waals surface area contributed by atoms with Crippen LogP contribution in [0.3, 0.4) is 0 Å². The van der Waals surface area contributed by atoms with Gasteiger partial charge in [0.2, 0.25) is 10.0 Å². The fraction of sp³-hybridized carbons (Fsp3) is 0.909. The highest BCUT2D eigenvalue weighted by atomic mass is 32.2. The van der Waals surface area contributed by atoms with Crippen molar-refractivity contribution in [3.8, 4) is 0 Å². The standard InChI is InChI=1S/C11H21N3O2S2/c1-18(15,16)14-7-6-12-10-13-8-11(9-17-10)4-2-3-5-11/h14H,2-9H2,1H3,(H,12,13). The number of nitrogens with zero attached hydrogens (tertiary/aromatic N) is 1. The van der Waals surface area contributed by atoms with Gasteiger partial charge in [0.25, 0.3) is 0 Å². The van der Waals surface area contributed by atoms with Crippen molar-refractivity contribution in [1.82, 2.24) is 10.0 Å². The Morgan fingerprint density at radius 1 is 1.33 bits per heavy atom. The van der Waals surface area contributed by atoms with E-state index < -0.39 is 10.0 Å². The van der Waals surface area contributed by atoms with Crippen molar-refractivity contribution >= 4 is 27.0 Å². The van der Waals surface area contributed by atoms with Crippen LogP contribution in [0.4, 0.5) is 0 Å². The van der Waals surface area contributed by atoms with Crippen LogP contribution in [0.2, 0.25) is 0 Å². The lowest BCUT2D eigenvalue weighted by Gasteiger charge is -2.31. The average molecular weight is 291 g/mol. The summed E-state index contributed by atoms with van der Waals surface area (Å²) in [6.45, 7) is 1.93. The van der Waals surface area contributed by atoms with Crippen LogP contribution in [0.25, 0.3) is 0 Å². The molecule has 0 radical (unpaired) electrons. The quantitative estimate of drug-likeness (QED) is 0.751. The zero-order valence-corrected chi connectivity index (χ0v) is 12.4. The first-order valence-corrected chi connectivity index (χ1v) is 9.23. The van der Waals surface area contributed by atoms with Gasteiger partial charge in [0.05, 0.1) is 6.26 Å². The number of thioether (sulfide) groups is 1.